The lowest BCUT2D eigenvalue weighted by Crippen LogP contribution is -2.28. The number of nitrogens with one attached hydrogen (secondary N) is 1. The van der Waals surface area contributed by atoms with Gasteiger partial charge < -0.3 is 15.5 Å². The fourth-order valence-corrected chi connectivity index (χ4v) is 1.48. The summed E-state index contributed by atoms with van der Waals surface area (Å²) in [5.74, 6) is -0.982. The van der Waals surface area contributed by atoms with Gasteiger partial charge >= 0.3 is 5.97 Å². The number of carbonyl (C=O) groups is 1. The first-order valence-electron chi connectivity index (χ1n) is 5.24. The summed E-state index contributed by atoms with van der Waals surface area (Å²) in [7, 11) is 0. The minimum Gasteiger partial charge on any atom is -0.481 e. The van der Waals surface area contributed by atoms with Crippen LogP contribution >= 0.6 is 0 Å². The predicted octanol–water partition coefficient (Wildman–Crippen LogP) is 0.920. The molecule has 0 bridgehead atoms. The Bertz CT molecular complexity index is 352. The minimum absolute atomic E-state index is 0.221. The second-order valence-corrected chi connectivity index (χ2v) is 3.87. The number of rotatable bonds is 6. The van der Waals surface area contributed by atoms with Crippen LogP contribution in [0, 0.1) is 6.92 Å². The van der Waals surface area contributed by atoms with E-state index < -0.39 is 12.1 Å². The maximum Gasteiger partial charge on any atom is 0.306 e. The number of aliphatic carboxylic acids is 1. The second-order valence-electron chi connectivity index (χ2n) is 3.87. The fourth-order valence-electron chi connectivity index (χ4n) is 1.48. The van der Waals surface area contributed by atoms with Crippen molar-refractivity contribution in [3.05, 3.63) is 35.4 Å². The molecule has 4 nitrogen and oxygen atoms in total. The zero-order chi connectivity index (χ0) is 12.0. The average Bonchev–Trinajstić information content (AvgIpc) is 2.16. The first kappa shape index (κ1) is 12.7. The summed E-state index contributed by atoms with van der Waals surface area (Å²) in [6.07, 6.45) is -1.05. The Morgan fingerprint density at radius 3 is 2.88 bits per heavy atom. The first-order chi connectivity index (χ1) is 7.58. The molecule has 0 amide bonds. The molecule has 0 aliphatic carbocycles. The quantitative estimate of drug-likeness (QED) is 0.670. The third-order valence-electron chi connectivity index (χ3n) is 2.20. The summed E-state index contributed by atoms with van der Waals surface area (Å²) in [5, 5.41) is 20.8. The molecule has 0 radical (unpaired) electrons. The highest BCUT2D eigenvalue weighted by atomic mass is 16.4. The van der Waals surface area contributed by atoms with E-state index >= 15 is 0 Å². The monoisotopic (exact) mass is 223 g/mol. The van der Waals surface area contributed by atoms with Crippen LogP contribution in [0.5, 0.6) is 0 Å². The third-order valence-corrected chi connectivity index (χ3v) is 2.20. The Morgan fingerprint density at radius 1 is 1.50 bits per heavy atom. The molecule has 0 heterocycles. The van der Waals surface area contributed by atoms with E-state index in [0.717, 1.165) is 5.56 Å². The van der Waals surface area contributed by atoms with Gasteiger partial charge in [-0.3, -0.25) is 4.79 Å². The smallest absolute Gasteiger partial charge is 0.306 e. The van der Waals surface area contributed by atoms with Crippen molar-refractivity contribution in [1.82, 2.24) is 5.32 Å². The van der Waals surface area contributed by atoms with Gasteiger partial charge in [-0.1, -0.05) is 29.8 Å². The van der Waals surface area contributed by atoms with Crippen molar-refractivity contribution in [1.29, 1.82) is 0 Å². The zero-order valence-electron chi connectivity index (χ0n) is 9.31. The summed E-state index contributed by atoms with van der Waals surface area (Å²) < 4.78 is 0. The van der Waals surface area contributed by atoms with Gasteiger partial charge in [0, 0.05) is 13.1 Å². The zero-order valence-corrected chi connectivity index (χ0v) is 9.31. The van der Waals surface area contributed by atoms with E-state index in [1.165, 1.54) is 5.56 Å². The lowest BCUT2D eigenvalue weighted by molar-refractivity contribution is -0.139. The molecule has 0 fully saturated rings. The number of aliphatic hydroxyl groups excluding tert-OH is 1. The van der Waals surface area contributed by atoms with Gasteiger partial charge in [0.1, 0.15) is 0 Å². The van der Waals surface area contributed by atoms with Crippen LogP contribution < -0.4 is 5.32 Å². The molecule has 4 heteroatoms. The topological polar surface area (TPSA) is 69.6 Å². The first-order valence-corrected chi connectivity index (χ1v) is 5.24. The summed E-state index contributed by atoms with van der Waals surface area (Å²) in [6, 6.07) is 8.03. The molecule has 16 heavy (non-hydrogen) atoms. The number of hydrogen-bond acceptors (Lipinski definition) is 3. The molecule has 0 saturated carbocycles. The van der Waals surface area contributed by atoms with Crippen molar-refractivity contribution in [2.75, 3.05) is 6.54 Å². The second kappa shape index (κ2) is 6.25. The van der Waals surface area contributed by atoms with Crippen LogP contribution in [0.1, 0.15) is 17.5 Å². The molecule has 1 rings (SSSR count). The number of benzene rings is 1. The molecular weight excluding hydrogens is 206 g/mol. The van der Waals surface area contributed by atoms with Gasteiger partial charge in [-0.05, 0) is 12.5 Å². The number of aryl methyl sites for hydroxylation is 1. The van der Waals surface area contributed by atoms with Crippen molar-refractivity contribution in [2.24, 2.45) is 0 Å². The predicted molar refractivity (Wildman–Crippen MR) is 61.1 cm³/mol. The van der Waals surface area contributed by atoms with Gasteiger partial charge in [-0.2, -0.15) is 0 Å². The van der Waals surface area contributed by atoms with Crippen molar-refractivity contribution in [2.45, 2.75) is 26.0 Å². The Hall–Kier alpha value is -1.39. The SMILES string of the molecule is Cc1cccc(CNCC(O)CC(=O)O)c1. The number of carboxylic acids is 1. The molecule has 1 atom stereocenters. The number of carboxylic acid groups (broad SMARTS) is 1. The van der Waals surface area contributed by atoms with E-state index in [4.69, 9.17) is 5.11 Å². The van der Waals surface area contributed by atoms with Crippen LogP contribution in [-0.4, -0.2) is 28.8 Å². The molecule has 1 unspecified atom stereocenters. The summed E-state index contributed by atoms with van der Waals surface area (Å²) >= 11 is 0. The van der Waals surface area contributed by atoms with Crippen molar-refractivity contribution < 1.29 is 15.0 Å². The van der Waals surface area contributed by atoms with Crippen LogP contribution in [0.4, 0.5) is 0 Å². The van der Waals surface area contributed by atoms with Crippen molar-refractivity contribution >= 4 is 5.97 Å². The molecule has 0 aromatic heterocycles. The molecule has 0 aliphatic rings. The van der Waals surface area contributed by atoms with Gasteiger partial charge in [-0.15, -0.1) is 0 Å². The normalized spacial score (nSPS) is 12.4. The van der Waals surface area contributed by atoms with Crippen LogP contribution in [0.15, 0.2) is 24.3 Å². The lowest BCUT2D eigenvalue weighted by Gasteiger charge is -2.09. The van der Waals surface area contributed by atoms with Gasteiger partial charge in [0.2, 0.25) is 0 Å². The minimum atomic E-state index is -0.982. The highest BCUT2D eigenvalue weighted by molar-refractivity contribution is 5.67. The molecule has 0 aliphatic heterocycles. The van der Waals surface area contributed by atoms with E-state index in [-0.39, 0.29) is 6.42 Å². The lowest BCUT2D eigenvalue weighted by atomic mass is 10.1. The van der Waals surface area contributed by atoms with E-state index in [0.29, 0.717) is 13.1 Å². The third kappa shape index (κ3) is 4.91. The van der Waals surface area contributed by atoms with Gasteiger partial charge in [0.05, 0.1) is 12.5 Å². The van der Waals surface area contributed by atoms with Crippen LogP contribution in [0.2, 0.25) is 0 Å². The largest absolute Gasteiger partial charge is 0.481 e. The van der Waals surface area contributed by atoms with Gasteiger partial charge in [0.25, 0.3) is 0 Å². The van der Waals surface area contributed by atoms with Crippen LogP contribution in [-0.2, 0) is 11.3 Å². The van der Waals surface area contributed by atoms with E-state index in [1.54, 1.807) is 0 Å². The van der Waals surface area contributed by atoms with Crippen molar-refractivity contribution in [3.8, 4) is 0 Å². The standard InChI is InChI=1S/C12H17NO3/c1-9-3-2-4-10(5-9)7-13-8-11(14)6-12(15)16/h2-5,11,13-14H,6-8H2,1H3,(H,15,16). The van der Waals surface area contributed by atoms with Crippen LogP contribution in [0.25, 0.3) is 0 Å². The van der Waals surface area contributed by atoms with E-state index in [1.807, 2.05) is 25.1 Å². The molecule has 0 saturated heterocycles. The highest BCUT2D eigenvalue weighted by Gasteiger charge is 2.08. The Morgan fingerprint density at radius 2 is 2.25 bits per heavy atom. The maximum atomic E-state index is 10.3. The molecule has 1 aromatic rings. The molecule has 0 spiro atoms. The molecular formula is C12H17NO3. The van der Waals surface area contributed by atoms with Gasteiger partial charge in [0.15, 0.2) is 0 Å². The van der Waals surface area contributed by atoms with Crippen molar-refractivity contribution in [3.63, 3.8) is 0 Å². The Labute approximate surface area is 94.9 Å². The summed E-state index contributed by atoms with van der Waals surface area (Å²) in [6.45, 7) is 2.95. The summed E-state index contributed by atoms with van der Waals surface area (Å²) in [5.41, 5.74) is 2.31. The Balaban J connectivity index is 2.27. The molecule has 1 aromatic carbocycles. The summed E-state index contributed by atoms with van der Waals surface area (Å²) in [4.78, 5) is 10.3. The molecule has 3 N–H and O–H groups in total. The number of hydrogen-bond donors (Lipinski definition) is 3. The van der Waals surface area contributed by atoms with Gasteiger partial charge in [-0.25, -0.2) is 0 Å². The van der Waals surface area contributed by atoms with Crippen LogP contribution in [0.3, 0.4) is 0 Å². The fraction of sp³-hybridized carbons (Fsp3) is 0.417. The average molecular weight is 223 g/mol. The number of aliphatic hydroxyl groups is 1. The highest BCUT2D eigenvalue weighted by Crippen LogP contribution is 2.03. The van der Waals surface area contributed by atoms with E-state index in [2.05, 4.69) is 11.4 Å². The maximum absolute atomic E-state index is 10.3. The molecule has 88 valence electrons. The Kier molecular flexibility index (Phi) is 4.95. The van der Waals surface area contributed by atoms with E-state index in [9.17, 15) is 9.90 Å².